The van der Waals surface area contributed by atoms with E-state index in [2.05, 4.69) is 20.6 Å². The first-order valence-corrected chi connectivity index (χ1v) is 7.66. The highest BCUT2D eigenvalue weighted by Gasteiger charge is 2.24. The highest BCUT2D eigenvalue weighted by atomic mass is 35.5. The Morgan fingerprint density at radius 3 is 2.77 bits per heavy atom. The van der Waals surface area contributed by atoms with Gasteiger partial charge in [0.25, 0.3) is 5.91 Å². The molecule has 0 aliphatic heterocycles. The Kier molecular flexibility index (Phi) is 4.18. The SMILES string of the molecule is Cc1nc(Nc2cccc(Cl)c2Cl)cc(C(=O)NC2CC2)n1. The minimum atomic E-state index is -0.187. The van der Waals surface area contributed by atoms with Gasteiger partial charge in [-0.2, -0.15) is 0 Å². The third kappa shape index (κ3) is 3.48. The monoisotopic (exact) mass is 336 g/mol. The van der Waals surface area contributed by atoms with E-state index in [1.54, 1.807) is 31.2 Å². The molecule has 1 saturated carbocycles. The van der Waals surface area contributed by atoms with Crippen LogP contribution in [0, 0.1) is 6.92 Å². The van der Waals surface area contributed by atoms with E-state index in [0.29, 0.717) is 33.1 Å². The van der Waals surface area contributed by atoms with Crippen LogP contribution in [0.2, 0.25) is 10.0 Å². The van der Waals surface area contributed by atoms with Crippen LogP contribution < -0.4 is 10.6 Å². The van der Waals surface area contributed by atoms with E-state index < -0.39 is 0 Å². The zero-order valence-electron chi connectivity index (χ0n) is 11.9. The molecule has 0 saturated heterocycles. The van der Waals surface area contributed by atoms with Crippen molar-refractivity contribution in [2.24, 2.45) is 0 Å². The number of halogens is 2. The molecule has 0 spiro atoms. The molecule has 2 N–H and O–H groups in total. The first-order valence-electron chi connectivity index (χ1n) is 6.90. The minimum Gasteiger partial charge on any atom is -0.348 e. The molecule has 7 heteroatoms. The number of nitrogens with zero attached hydrogens (tertiary/aromatic N) is 2. The number of anilines is 2. The number of carbonyl (C=O) groups is 1. The summed E-state index contributed by atoms with van der Waals surface area (Å²) in [6.45, 7) is 1.73. The van der Waals surface area contributed by atoms with E-state index in [9.17, 15) is 4.79 Å². The highest BCUT2D eigenvalue weighted by molar-refractivity contribution is 6.43. The molecule has 1 amide bonds. The van der Waals surface area contributed by atoms with Crippen LogP contribution in [-0.4, -0.2) is 21.9 Å². The molecular formula is C15H14Cl2N4O. The Labute approximate surface area is 138 Å². The Morgan fingerprint density at radius 1 is 1.27 bits per heavy atom. The average Bonchev–Trinajstić information content (AvgIpc) is 3.27. The van der Waals surface area contributed by atoms with Crippen molar-refractivity contribution in [3.8, 4) is 0 Å². The van der Waals surface area contributed by atoms with Gasteiger partial charge in [-0.1, -0.05) is 29.3 Å². The molecule has 1 fully saturated rings. The Hall–Kier alpha value is -1.85. The van der Waals surface area contributed by atoms with E-state index in [1.807, 2.05) is 0 Å². The van der Waals surface area contributed by atoms with Crippen molar-refractivity contribution in [2.75, 3.05) is 5.32 Å². The zero-order chi connectivity index (χ0) is 15.7. The summed E-state index contributed by atoms with van der Waals surface area (Å²) < 4.78 is 0. The number of rotatable bonds is 4. The number of hydrogen-bond acceptors (Lipinski definition) is 4. The van der Waals surface area contributed by atoms with Gasteiger partial charge in [0.15, 0.2) is 0 Å². The Morgan fingerprint density at radius 2 is 2.05 bits per heavy atom. The fourth-order valence-corrected chi connectivity index (χ4v) is 2.32. The van der Waals surface area contributed by atoms with Crippen LogP contribution in [0.3, 0.4) is 0 Å². The molecule has 0 radical (unpaired) electrons. The van der Waals surface area contributed by atoms with Gasteiger partial charge in [0, 0.05) is 12.1 Å². The van der Waals surface area contributed by atoms with E-state index in [4.69, 9.17) is 23.2 Å². The Bertz CT molecular complexity index is 731. The summed E-state index contributed by atoms with van der Waals surface area (Å²) in [5, 5.41) is 6.83. The molecule has 1 aliphatic rings. The van der Waals surface area contributed by atoms with Gasteiger partial charge >= 0.3 is 0 Å². The van der Waals surface area contributed by atoms with Gasteiger partial charge in [0.05, 0.1) is 15.7 Å². The van der Waals surface area contributed by atoms with Gasteiger partial charge in [-0.25, -0.2) is 9.97 Å². The molecule has 0 atom stereocenters. The maximum Gasteiger partial charge on any atom is 0.270 e. The number of amides is 1. The molecule has 5 nitrogen and oxygen atoms in total. The number of benzene rings is 1. The molecule has 1 aliphatic carbocycles. The van der Waals surface area contributed by atoms with Gasteiger partial charge in [0.1, 0.15) is 17.3 Å². The van der Waals surface area contributed by atoms with Crippen molar-refractivity contribution in [1.29, 1.82) is 0 Å². The lowest BCUT2D eigenvalue weighted by atomic mass is 10.3. The molecule has 1 aromatic carbocycles. The van der Waals surface area contributed by atoms with Gasteiger partial charge in [-0.15, -0.1) is 0 Å². The lowest BCUT2D eigenvalue weighted by Crippen LogP contribution is -2.26. The van der Waals surface area contributed by atoms with Gasteiger partial charge < -0.3 is 10.6 Å². The van der Waals surface area contributed by atoms with Gasteiger partial charge in [-0.05, 0) is 31.9 Å². The van der Waals surface area contributed by atoms with Crippen LogP contribution in [-0.2, 0) is 0 Å². The average molecular weight is 337 g/mol. The van der Waals surface area contributed by atoms with Crippen molar-refractivity contribution in [3.05, 3.63) is 45.8 Å². The smallest absolute Gasteiger partial charge is 0.270 e. The number of aryl methyl sites for hydroxylation is 1. The normalized spacial score (nSPS) is 13.8. The summed E-state index contributed by atoms with van der Waals surface area (Å²) in [6, 6.07) is 7.15. The summed E-state index contributed by atoms with van der Waals surface area (Å²) in [6.07, 6.45) is 2.05. The Balaban J connectivity index is 1.85. The second-order valence-electron chi connectivity index (χ2n) is 5.16. The zero-order valence-corrected chi connectivity index (χ0v) is 13.4. The maximum absolute atomic E-state index is 12.1. The minimum absolute atomic E-state index is 0.187. The lowest BCUT2D eigenvalue weighted by molar-refractivity contribution is 0.0945. The first kappa shape index (κ1) is 15.1. The number of aromatic nitrogens is 2. The third-order valence-corrected chi connectivity index (χ3v) is 4.02. The van der Waals surface area contributed by atoms with Crippen molar-refractivity contribution in [1.82, 2.24) is 15.3 Å². The fraction of sp³-hybridized carbons (Fsp3) is 0.267. The fourth-order valence-electron chi connectivity index (χ4n) is 1.97. The van der Waals surface area contributed by atoms with Crippen molar-refractivity contribution < 1.29 is 4.79 Å². The molecule has 114 valence electrons. The van der Waals surface area contributed by atoms with Crippen molar-refractivity contribution >= 4 is 40.6 Å². The predicted molar refractivity (Wildman–Crippen MR) is 87.0 cm³/mol. The molecular weight excluding hydrogens is 323 g/mol. The summed E-state index contributed by atoms with van der Waals surface area (Å²) in [7, 11) is 0. The number of hydrogen-bond donors (Lipinski definition) is 2. The molecule has 2 aromatic rings. The predicted octanol–water partition coefficient (Wildman–Crippen LogP) is 3.73. The van der Waals surface area contributed by atoms with E-state index in [1.165, 1.54) is 0 Å². The van der Waals surface area contributed by atoms with Crippen LogP contribution in [0.25, 0.3) is 0 Å². The maximum atomic E-state index is 12.1. The van der Waals surface area contributed by atoms with Crippen molar-refractivity contribution in [3.63, 3.8) is 0 Å². The van der Waals surface area contributed by atoms with Crippen LogP contribution in [0.15, 0.2) is 24.3 Å². The van der Waals surface area contributed by atoms with E-state index >= 15 is 0 Å². The quantitative estimate of drug-likeness (QED) is 0.892. The molecule has 3 rings (SSSR count). The number of nitrogens with one attached hydrogen (secondary N) is 2. The van der Waals surface area contributed by atoms with Crippen LogP contribution in [0.4, 0.5) is 11.5 Å². The highest BCUT2D eigenvalue weighted by Crippen LogP contribution is 2.31. The van der Waals surface area contributed by atoms with Crippen LogP contribution in [0.1, 0.15) is 29.2 Å². The van der Waals surface area contributed by atoms with E-state index in [-0.39, 0.29) is 11.9 Å². The largest absolute Gasteiger partial charge is 0.348 e. The first-order chi connectivity index (χ1) is 10.5. The second kappa shape index (κ2) is 6.10. The molecule has 0 bridgehead atoms. The lowest BCUT2D eigenvalue weighted by Gasteiger charge is -2.10. The van der Waals surface area contributed by atoms with Gasteiger partial charge in [0.2, 0.25) is 0 Å². The van der Waals surface area contributed by atoms with Crippen molar-refractivity contribution in [2.45, 2.75) is 25.8 Å². The summed E-state index contributed by atoms with van der Waals surface area (Å²) in [5.74, 6) is 0.815. The van der Waals surface area contributed by atoms with Gasteiger partial charge in [-0.3, -0.25) is 4.79 Å². The molecule has 22 heavy (non-hydrogen) atoms. The summed E-state index contributed by atoms with van der Waals surface area (Å²) >= 11 is 12.1. The van der Waals surface area contributed by atoms with E-state index in [0.717, 1.165) is 12.8 Å². The third-order valence-electron chi connectivity index (χ3n) is 3.20. The second-order valence-corrected chi connectivity index (χ2v) is 5.94. The summed E-state index contributed by atoms with van der Waals surface area (Å²) in [4.78, 5) is 20.5. The number of carbonyl (C=O) groups excluding carboxylic acids is 1. The standard InChI is InChI=1S/C15H14Cl2N4O/c1-8-18-12(15(22)20-9-5-6-9)7-13(19-8)21-11-4-2-3-10(16)14(11)17/h2-4,7,9H,5-6H2,1H3,(H,20,22)(H,18,19,21). The molecule has 0 unspecified atom stereocenters. The van der Waals surface area contributed by atoms with Crippen LogP contribution >= 0.6 is 23.2 Å². The topological polar surface area (TPSA) is 66.9 Å². The molecule has 1 heterocycles. The molecule has 1 aromatic heterocycles. The summed E-state index contributed by atoms with van der Waals surface area (Å²) in [5.41, 5.74) is 0.959. The van der Waals surface area contributed by atoms with Crippen LogP contribution in [0.5, 0.6) is 0 Å².